The molecule has 0 aromatic heterocycles. The number of ether oxygens (including phenoxy) is 7. The first kappa shape index (κ1) is 44.9. The predicted octanol–water partition coefficient (Wildman–Crippen LogP) is -10.7. The fraction of sp³-hybridized carbons (Fsp3) is 0.935. The third-order valence-corrected chi connectivity index (χ3v) is 10.6. The Bertz CT molecular complexity index is 1250. The summed E-state index contributed by atoms with van der Waals surface area (Å²) in [5.41, 5.74) is -0.0939. The van der Waals surface area contributed by atoms with Crippen LogP contribution >= 0.6 is 0 Å². The van der Waals surface area contributed by atoms with Crippen molar-refractivity contribution in [2.24, 2.45) is 0 Å². The van der Waals surface area contributed by atoms with Gasteiger partial charge in [-0.15, -0.1) is 0 Å². The third kappa shape index (κ3) is 9.03. The molecule has 320 valence electrons. The molecule has 24 atom stereocenters. The van der Waals surface area contributed by atoms with Crippen LogP contribution in [0.2, 0.25) is 0 Å². The van der Waals surface area contributed by atoms with Gasteiger partial charge in [0.1, 0.15) is 104 Å². The van der Waals surface area contributed by atoms with Crippen LogP contribution in [-0.2, 0) is 33.2 Å². The molecule has 5 aliphatic rings. The zero-order valence-corrected chi connectivity index (χ0v) is 29.3. The molecule has 24 nitrogen and oxygen atoms in total. The molecule has 0 saturated carbocycles. The third-order valence-electron chi connectivity index (χ3n) is 10.6. The monoisotopic (exact) mass is 807 g/mol. The summed E-state index contributed by atoms with van der Waals surface area (Å²) in [7, 11) is 0. The van der Waals surface area contributed by atoms with Gasteiger partial charge in [0.25, 0.3) is 0 Å². The SMILES string of the molecule is CC1O[C@@H](O[C@@H]2C(CO)O[C@H](O)[C@@H](O)[C@@H]2O)[C@@H](O)[C@@H](O)[C@@H]1NC1C=C(CO)C(O[C@H]2OC(CO)C(O[C@H]3OC(CO)C(O)[C@@H](O)[C@H]3O)[C@@H](O)[C@H]2O)C(O)C1O. The molecule has 0 spiro atoms. The lowest BCUT2D eigenvalue weighted by Gasteiger charge is -2.48. The molecule has 10 unspecified atom stereocenters. The van der Waals surface area contributed by atoms with E-state index in [-0.39, 0.29) is 5.57 Å². The van der Waals surface area contributed by atoms with E-state index in [1.165, 1.54) is 13.0 Å². The van der Waals surface area contributed by atoms with Crippen molar-refractivity contribution in [3.8, 4) is 0 Å². The highest BCUT2D eigenvalue weighted by molar-refractivity contribution is 5.23. The molecule has 0 radical (unpaired) electrons. The van der Waals surface area contributed by atoms with Crippen molar-refractivity contribution in [3.05, 3.63) is 11.6 Å². The molecule has 0 aromatic rings. The van der Waals surface area contributed by atoms with Crippen LogP contribution in [0.3, 0.4) is 0 Å². The number of nitrogens with one attached hydrogen (secondary N) is 1. The predicted molar refractivity (Wildman–Crippen MR) is 170 cm³/mol. The van der Waals surface area contributed by atoms with Crippen LogP contribution < -0.4 is 5.32 Å². The maximum Gasteiger partial charge on any atom is 0.187 e. The molecular formula is C31H53NO23. The average Bonchev–Trinajstić information content (AvgIpc) is 3.17. The number of hydrogen-bond acceptors (Lipinski definition) is 24. The second-order valence-electron chi connectivity index (χ2n) is 14.2. The minimum atomic E-state index is -2.01. The maximum absolute atomic E-state index is 11.2. The van der Waals surface area contributed by atoms with Crippen molar-refractivity contribution >= 4 is 0 Å². The molecule has 1 aliphatic carbocycles. The van der Waals surface area contributed by atoms with Gasteiger partial charge in [-0.3, -0.25) is 0 Å². The number of aliphatic hydroxyl groups excluding tert-OH is 16. The van der Waals surface area contributed by atoms with E-state index in [2.05, 4.69) is 5.32 Å². The van der Waals surface area contributed by atoms with Gasteiger partial charge in [0.2, 0.25) is 0 Å². The van der Waals surface area contributed by atoms with E-state index in [0.717, 1.165) is 0 Å². The smallest absolute Gasteiger partial charge is 0.187 e. The van der Waals surface area contributed by atoms with Gasteiger partial charge in [0.15, 0.2) is 25.2 Å². The zero-order chi connectivity index (χ0) is 40.6. The Morgan fingerprint density at radius 3 is 1.58 bits per heavy atom. The molecule has 4 heterocycles. The van der Waals surface area contributed by atoms with E-state index < -0.39 is 174 Å². The molecule has 4 saturated heterocycles. The van der Waals surface area contributed by atoms with E-state index in [4.69, 9.17) is 33.2 Å². The average molecular weight is 808 g/mol. The Morgan fingerprint density at radius 2 is 1.00 bits per heavy atom. The first-order chi connectivity index (χ1) is 26.0. The first-order valence-electron chi connectivity index (χ1n) is 17.6. The van der Waals surface area contributed by atoms with Gasteiger partial charge in [-0.25, -0.2) is 0 Å². The van der Waals surface area contributed by atoms with Crippen LogP contribution in [0.25, 0.3) is 0 Å². The quantitative estimate of drug-likeness (QED) is 0.0814. The molecule has 4 fully saturated rings. The highest BCUT2D eigenvalue weighted by Gasteiger charge is 2.54. The second-order valence-corrected chi connectivity index (χ2v) is 14.2. The number of rotatable bonds is 12. The molecule has 4 aliphatic heterocycles. The van der Waals surface area contributed by atoms with Gasteiger partial charge in [0.05, 0.1) is 44.6 Å². The van der Waals surface area contributed by atoms with Crippen LogP contribution in [-0.4, -0.2) is 255 Å². The van der Waals surface area contributed by atoms with Crippen molar-refractivity contribution < 1.29 is 115 Å². The molecule has 0 aromatic carbocycles. The molecule has 5 rings (SSSR count). The number of aliphatic hydroxyl groups is 16. The Hall–Kier alpha value is -1.22. The van der Waals surface area contributed by atoms with Crippen LogP contribution in [0, 0.1) is 0 Å². The summed E-state index contributed by atoms with van der Waals surface area (Å²) in [4.78, 5) is 0. The Labute approximate surface area is 312 Å². The molecular weight excluding hydrogens is 754 g/mol. The lowest BCUT2D eigenvalue weighted by molar-refractivity contribution is -0.364. The van der Waals surface area contributed by atoms with E-state index in [1.54, 1.807) is 0 Å². The van der Waals surface area contributed by atoms with Gasteiger partial charge < -0.3 is 120 Å². The summed E-state index contributed by atoms with van der Waals surface area (Å²) < 4.78 is 38.4. The van der Waals surface area contributed by atoms with Gasteiger partial charge >= 0.3 is 0 Å². The Kier molecular flexibility index (Phi) is 15.3. The van der Waals surface area contributed by atoms with Crippen LogP contribution in [0.15, 0.2) is 11.6 Å². The standard InChI is InChI=1S/C31H53NO23/c1-7-13(16(39)22(45)29(49-7)54-26-11(5-35)50-28(48)21(44)19(26)42)32-9-2-8(3-33)25(18(41)14(9)37)53-31-24(47)20(43)27(12(6-36)52-31)55-30-23(46)17(40)15(38)10(4-34)51-30/h2,7,9-48H,3-6H2,1H3/t7?,9?,10?,11?,12?,13-,14?,15?,16+,17-,18?,19+,20+,21+,22+,23-,24-,25?,26-,27?,28+,29+,30-,31-/m1/s1. The summed E-state index contributed by atoms with van der Waals surface area (Å²) in [6.45, 7) is -1.81. The second kappa shape index (κ2) is 18.8. The fourth-order valence-electron chi connectivity index (χ4n) is 7.29. The largest absolute Gasteiger partial charge is 0.394 e. The minimum Gasteiger partial charge on any atom is -0.394 e. The molecule has 0 amide bonds. The van der Waals surface area contributed by atoms with Crippen molar-refractivity contribution in [2.75, 3.05) is 26.4 Å². The van der Waals surface area contributed by atoms with E-state index >= 15 is 0 Å². The van der Waals surface area contributed by atoms with Gasteiger partial charge in [-0.1, -0.05) is 6.08 Å². The highest BCUT2D eigenvalue weighted by Crippen LogP contribution is 2.34. The van der Waals surface area contributed by atoms with Crippen LogP contribution in [0.4, 0.5) is 0 Å². The molecule has 17 N–H and O–H groups in total. The topological polar surface area (TPSA) is 400 Å². The zero-order valence-electron chi connectivity index (χ0n) is 29.3. The number of hydrogen-bond donors (Lipinski definition) is 17. The van der Waals surface area contributed by atoms with E-state index in [0.29, 0.717) is 0 Å². The van der Waals surface area contributed by atoms with Crippen molar-refractivity contribution in [1.29, 1.82) is 0 Å². The summed E-state index contributed by atoms with van der Waals surface area (Å²) in [6, 6.07) is -2.46. The lowest BCUT2D eigenvalue weighted by atomic mass is 9.86. The van der Waals surface area contributed by atoms with Gasteiger partial charge in [-0.2, -0.15) is 0 Å². The van der Waals surface area contributed by atoms with E-state index in [9.17, 15) is 81.7 Å². The maximum atomic E-state index is 11.2. The minimum absolute atomic E-state index is 0.0939. The van der Waals surface area contributed by atoms with Gasteiger partial charge in [0, 0.05) is 0 Å². The van der Waals surface area contributed by atoms with Crippen LogP contribution in [0.1, 0.15) is 6.92 Å². The van der Waals surface area contributed by atoms with Crippen molar-refractivity contribution in [2.45, 2.75) is 154 Å². The van der Waals surface area contributed by atoms with Gasteiger partial charge in [-0.05, 0) is 12.5 Å². The van der Waals surface area contributed by atoms with Crippen molar-refractivity contribution in [1.82, 2.24) is 5.32 Å². The molecule has 0 bridgehead atoms. The summed E-state index contributed by atoms with van der Waals surface area (Å²) in [5, 5.41) is 169. The van der Waals surface area contributed by atoms with E-state index in [1.807, 2.05) is 0 Å². The first-order valence-corrected chi connectivity index (χ1v) is 17.6. The summed E-state index contributed by atoms with van der Waals surface area (Å²) in [5.74, 6) is 0. The summed E-state index contributed by atoms with van der Waals surface area (Å²) in [6.07, 6.45) is -36.3. The molecule has 24 heteroatoms. The lowest BCUT2D eigenvalue weighted by Crippen LogP contribution is -2.68. The highest BCUT2D eigenvalue weighted by atomic mass is 16.7. The van der Waals surface area contributed by atoms with Crippen LogP contribution in [0.5, 0.6) is 0 Å². The Morgan fingerprint density at radius 1 is 0.509 bits per heavy atom. The normalized spacial score (nSPS) is 52.5. The molecule has 55 heavy (non-hydrogen) atoms. The Balaban J connectivity index is 1.24. The fourth-order valence-corrected chi connectivity index (χ4v) is 7.29. The van der Waals surface area contributed by atoms with Crippen molar-refractivity contribution in [3.63, 3.8) is 0 Å². The summed E-state index contributed by atoms with van der Waals surface area (Å²) >= 11 is 0.